The van der Waals surface area contributed by atoms with Gasteiger partial charge in [0.15, 0.2) is 17.3 Å². The Balaban J connectivity index is 1.48. The maximum Gasteiger partial charge on any atom is 0.387 e. The monoisotopic (exact) mass is 590 g/mol. The van der Waals surface area contributed by atoms with E-state index in [0.29, 0.717) is 33.8 Å². The average molecular weight is 591 g/mol. The first-order chi connectivity index (χ1) is 19.3. The van der Waals surface area contributed by atoms with Crippen LogP contribution in [0.5, 0.6) is 5.75 Å². The van der Waals surface area contributed by atoms with Gasteiger partial charge in [-0.15, -0.1) is 11.3 Å². The molecule has 1 aliphatic carbocycles. The van der Waals surface area contributed by atoms with E-state index in [0.717, 1.165) is 16.8 Å². The number of aromatic nitrogens is 4. The molecule has 10 nitrogen and oxygen atoms in total. The van der Waals surface area contributed by atoms with E-state index in [-0.39, 0.29) is 24.7 Å². The lowest BCUT2D eigenvalue weighted by atomic mass is 9.87. The van der Waals surface area contributed by atoms with Crippen LogP contribution in [0.2, 0.25) is 0 Å². The Labute approximate surface area is 237 Å². The first-order valence-corrected chi connectivity index (χ1v) is 13.6. The average Bonchev–Trinajstić information content (AvgIpc) is 3.44. The van der Waals surface area contributed by atoms with E-state index in [1.807, 2.05) is 6.07 Å². The SMILES string of the molecule is Cc1nc(NCc2ccc(OC(F)F)c(F)c2)nc(NC2(O)CCC(C(C)(C)O)C2O)c1-c1nc2cnccc2s1. The predicted octanol–water partition coefficient (Wildman–Crippen LogP) is 4.45. The number of thiazole rings is 1. The predicted molar refractivity (Wildman–Crippen MR) is 147 cm³/mol. The second-order valence-corrected chi connectivity index (χ2v) is 11.5. The van der Waals surface area contributed by atoms with E-state index in [4.69, 9.17) is 0 Å². The molecule has 5 rings (SSSR count). The number of aliphatic hydroxyl groups is 3. The Morgan fingerprint density at radius 3 is 2.66 bits per heavy atom. The Morgan fingerprint density at radius 2 is 2.00 bits per heavy atom. The van der Waals surface area contributed by atoms with Crippen LogP contribution >= 0.6 is 11.3 Å². The summed E-state index contributed by atoms with van der Waals surface area (Å²) in [4.78, 5) is 17.9. The number of rotatable bonds is 9. The normalized spacial score (nSPS) is 21.0. The van der Waals surface area contributed by atoms with E-state index >= 15 is 0 Å². The van der Waals surface area contributed by atoms with E-state index in [9.17, 15) is 28.5 Å². The van der Waals surface area contributed by atoms with E-state index in [1.54, 1.807) is 33.2 Å². The highest BCUT2D eigenvalue weighted by Crippen LogP contribution is 2.43. The van der Waals surface area contributed by atoms with Crippen molar-refractivity contribution in [3.8, 4) is 16.3 Å². The standard InChI is InChI=1S/C27H29F3N6O4S/c1-13-20(23-34-17-12-31-9-7-19(17)41-23)22(36-27(39)8-6-15(21(27)37)26(2,3)38)35-25(33-13)32-11-14-4-5-18(16(28)10-14)40-24(29)30/h4-5,7,9-10,12,15,21,24,37-39H,6,8,11H2,1-3H3,(H2,32,33,35,36). The number of alkyl halides is 2. The molecule has 1 fully saturated rings. The van der Waals surface area contributed by atoms with Crippen LogP contribution in [0.4, 0.5) is 24.9 Å². The summed E-state index contributed by atoms with van der Waals surface area (Å²) in [6, 6.07) is 5.43. The molecule has 14 heteroatoms. The van der Waals surface area contributed by atoms with Crippen molar-refractivity contribution < 1.29 is 33.2 Å². The van der Waals surface area contributed by atoms with Crippen molar-refractivity contribution >= 4 is 33.3 Å². The molecule has 3 aromatic heterocycles. The fraction of sp³-hybridized carbons (Fsp3) is 0.407. The van der Waals surface area contributed by atoms with E-state index < -0.39 is 41.5 Å². The summed E-state index contributed by atoms with van der Waals surface area (Å²) in [6.07, 6.45) is 2.49. The molecule has 3 heterocycles. The summed E-state index contributed by atoms with van der Waals surface area (Å²) in [7, 11) is 0. The molecule has 41 heavy (non-hydrogen) atoms. The number of aliphatic hydroxyl groups excluding tert-OH is 1. The Morgan fingerprint density at radius 1 is 1.22 bits per heavy atom. The number of anilines is 2. The first-order valence-electron chi connectivity index (χ1n) is 12.8. The molecule has 1 aromatic carbocycles. The minimum atomic E-state index is -3.15. The van der Waals surface area contributed by atoms with Crippen LogP contribution in [0.1, 0.15) is 37.9 Å². The lowest BCUT2D eigenvalue weighted by molar-refractivity contribution is -0.0926. The van der Waals surface area contributed by atoms with E-state index in [1.165, 1.54) is 17.4 Å². The zero-order valence-electron chi connectivity index (χ0n) is 22.4. The second-order valence-electron chi connectivity index (χ2n) is 10.5. The summed E-state index contributed by atoms with van der Waals surface area (Å²) >= 11 is 1.38. The third-order valence-electron chi connectivity index (χ3n) is 7.11. The Hall–Kier alpha value is -3.59. The number of hydrogen-bond donors (Lipinski definition) is 5. The topological polar surface area (TPSA) is 146 Å². The zero-order valence-corrected chi connectivity index (χ0v) is 23.2. The molecular formula is C27H29F3N6O4S. The van der Waals surface area contributed by atoms with Gasteiger partial charge in [0.2, 0.25) is 5.95 Å². The van der Waals surface area contributed by atoms with Gasteiger partial charge in [0.05, 0.1) is 27.8 Å². The summed E-state index contributed by atoms with van der Waals surface area (Å²) < 4.78 is 44.2. The molecule has 0 amide bonds. The number of pyridine rings is 1. The van der Waals surface area contributed by atoms with Gasteiger partial charge in [0.1, 0.15) is 22.4 Å². The number of nitrogens with one attached hydrogen (secondary N) is 2. The fourth-order valence-corrected chi connectivity index (χ4v) is 6.04. The highest BCUT2D eigenvalue weighted by atomic mass is 32.1. The van der Waals surface area contributed by atoms with Crippen LogP contribution in [0, 0.1) is 18.7 Å². The van der Waals surface area contributed by atoms with Crippen molar-refractivity contribution in [2.24, 2.45) is 5.92 Å². The molecule has 1 saturated carbocycles. The lowest BCUT2D eigenvalue weighted by Crippen LogP contribution is -2.51. The fourth-order valence-electron chi connectivity index (χ4n) is 5.01. The number of halogens is 3. The van der Waals surface area contributed by atoms with Gasteiger partial charge in [0.25, 0.3) is 0 Å². The number of aryl methyl sites for hydroxylation is 1. The lowest BCUT2D eigenvalue weighted by Gasteiger charge is -2.34. The van der Waals surface area contributed by atoms with Crippen LogP contribution in [-0.2, 0) is 6.54 Å². The van der Waals surface area contributed by atoms with Gasteiger partial charge in [-0.3, -0.25) is 4.98 Å². The number of ether oxygens (including phenoxy) is 1. The highest BCUT2D eigenvalue weighted by Gasteiger charge is 2.52. The summed E-state index contributed by atoms with van der Waals surface area (Å²) in [5.74, 6) is -1.78. The molecule has 1 aliphatic rings. The third-order valence-corrected chi connectivity index (χ3v) is 8.16. The van der Waals surface area contributed by atoms with Gasteiger partial charge >= 0.3 is 6.61 Å². The molecule has 5 N–H and O–H groups in total. The minimum absolute atomic E-state index is 0.0462. The van der Waals surface area contributed by atoms with Crippen molar-refractivity contribution in [1.82, 2.24) is 19.9 Å². The smallest absolute Gasteiger partial charge is 0.387 e. The zero-order chi connectivity index (χ0) is 29.5. The molecule has 0 saturated heterocycles. The molecular weight excluding hydrogens is 561 g/mol. The second kappa shape index (κ2) is 11.0. The largest absolute Gasteiger partial charge is 0.432 e. The first kappa shape index (κ1) is 28.9. The van der Waals surface area contributed by atoms with Gasteiger partial charge in [-0.05, 0) is 57.4 Å². The summed E-state index contributed by atoms with van der Waals surface area (Å²) in [5.41, 5.74) is -0.945. The van der Waals surface area contributed by atoms with Crippen molar-refractivity contribution in [1.29, 1.82) is 0 Å². The number of benzene rings is 1. The maximum atomic E-state index is 14.2. The van der Waals surface area contributed by atoms with Gasteiger partial charge in [0, 0.05) is 18.7 Å². The summed E-state index contributed by atoms with van der Waals surface area (Å²) in [5, 5.41) is 39.6. The van der Waals surface area contributed by atoms with Crippen molar-refractivity contribution in [2.75, 3.05) is 10.6 Å². The molecule has 3 atom stereocenters. The van der Waals surface area contributed by atoms with Crippen LogP contribution in [-0.4, -0.2) is 59.3 Å². The van der Waals surface area contributed by atoms with Crippen LogP contribution in [0.3, 0.4) is 0 Å². The minimum Gasteiger partial charge on any atom is -0.432 e. The van der Waals surface area contributed by atoms with Crippen molar-refractivity contribution in [3.63, 3.8) is 0 Å². The third kappa shape index (κ3) is 6.05. The molecule has 4 aromatic rings. The molecule has 0 spiro atoms. The van der Waals surface area contributed by atoms with Crippen LogP contribution in [0.15, 0.2) is 36.7 Å². The molecule has 3 unspecified atom stereocenters. The highest BCUT2D eigenvalue weighted by molar-refractivity contribution is 7.21. The van der Waals surface area contributed by atoms with Gasteiger partial charge < -0.3 is 30.7 Å². The number of fused-ring (bicyclic) bond motifs is 1. The maximum absolute atomic E-state index is 14.2. The van der Waals surface area contributed by atoms with Crippen LogP contribution in [0.25, 0.3) is 20.8 Å². The van der Waals surface area contributed by atoms with Crippen LogP contribution < -0.4 is 15.4 Å². The number of nitrogens with zero attached hydrogens (tertiary/aromatic N) is 4. The van der Waals surface area contributed by atoms with Gasteiger partial charge in [-0.2, -0.15) is 13.8 Å². The molecule has 0 aliphatic heterocycles. The molecule has 218 valence electrons. The Bertz CT molecular complexity index is 1530. The number of hydrogen-bond acceptors (Lipinski definition) is 11. The quantitative estimate of drug-likeness (QED) is 0.177. The van der Waals surface area contributed by atoms with Crippen molar-refractivity contribution in [3.05, 3.63) is 53.7 Å². The Kier molecular flexibility index (Phi) is 7.76. The molecule has 0 radical (unpaired) electrons. The van der Waals surface area contributed by atoms with Gasteiger partial charge in [-0.25, -0.2) is 14.4 Å². The van der Waals surface area contributed by atoms with Gasteiger partial charge in [-0.1, -0.05) is 6.07 Å². The summed E-state index contributed by atoms with van der Waals surface area (Å²) in [6.45, 7) is 1.80. The van der Waals surface area contributed by atoms with Crippen molar-refractivity contribution in [2.45, 2.75) is 64.2 Å². The molecule has 0 bridgehead atoms. The van der Waals surface area contributed by atoms with E-state index in [2.05, 4.69) is 35.3 Å².